The number of nitrogens with zero attached hydrogens (tertiary/aromatic N) is 2. The van der Waals surface area contributed by atoms with Gasteiger partial charge in [-0.2, -0.15) is 0 Å². The normalized spacial score (nSPS) is 11.8. The molecule has 0 atom stereocenters. The Balaban J connectivity index is 1.35. The first kappa shape index (κ1) is 41.1. The van der Waals surface area contributed by atoms with Gasteiger partial charge in [0, 0.05) is 33.3 Å². The van der Waals surface area contributed by atoms with Gasteiger partial charge in [0.25, 0.3) is 0 Å². The average Bonchev–Trinajstić information content (AvgIpc) is 3.29. The summed E-state index contributed by atoms with van der Waals surface area (Å²) in [6.45, 7) is 21.0. The molecule has 0 saturated carbocycles. The van der Waals surface area contributed by atoms with Crippen molar-refractivity contribution in [1.29, 1.82) is 0 Å². The highest BCUT2D eigenvalue weighted by Gasteiger charge is 2.30. The van der Waals surface area contributed by atoms with E-state index in [2.05, 4.69) is 247 Å². The molecule has 0 aliphatic carbocycles. The predicted molar refractivity (Wildman–Crippen MR) is 282 cm³/mol. The number of benzene rings is 10. The standard InChI is InChI=1S/C61H56N2Si/c1-39-26-28-41(3)54(36-39)62(60-43(5)18-16-24-48(60)45-20-12-10-13-21-45)53-35-31-47-30-32-51-56(38-57(64(7,8)9)52-34-33-50(53)58(47)59(51)52)63(55-37-40(2)27-29-42(55)4)61-44(6)19-17-25-49(61)46-22-14-11-15-23-46/h10-38H,1-9H3. The SMILES string of the molecule is Cc1ccc(C)c(N(c2c(C)cccc2-c2ccccc2)c2ccc3ccc4c(N(c5cc(C)ccc5C)c5c(C)cccc5-c5ccccc5)cc([Si](C)(C)C)c5ccc2c3c45)c1. The fourth-order valence-electron chi connectivity index (χ4n) is 10.1. The average molecular weight is 845 g/mol. The Morgan fingerprint density at radius 1 is 0.344 bits per heavy atom. The second kappa shape index (κ2) is 16.0. The number of hydrogen-bond donors (Lipinski definition) is 0. The van der Waals surface area contributed by atoms with E-state index in [-0.39, 0.29) is 0 Å². The summed E-state index contributed by atoms with van der Waals surface area (Å²) in [7, 11) is -1.96. The van der Waals surface area contributed by atoms with Gasteiger partial charge in [0.2, 0.25) is 0 Å². The van der Waals surface area contributed by atoms with E-state index in [0.717, 1.165) is 0 Å². The highest BCUT2D eigenvalue weighted by molar-refractivity contribution is 6.90. The molecule has 0 aliphatic rings. The van der Waals surface area contributed by atoms with Gasteiger partial charge in [0.05, 0.1) is 30.8 Å². The van der Waals surface area contributed by atoms with Crippen LogP contribution in [0.15, 0.2) is 176 Å². The third-order valence-electron chi connectivity index (χ3n) is 13.3. The quantitative estimate of drug-likeness (QED) is 0.105. The van der Waals surface area contributed by atoms with Crippen LogP contribution in [-0.4, -0.2) is 8.07 Å². The van der Waals surface area contributed by atoms with Crippen LogP contribution in [-0.2, 0) is 0 Å². The van der Waals surface area contributed by atoms with Gasteiger partial charge in [-0.05, 0) is 132 Å². The maximum absolute atomic E-state index is 2.61. The van der Waals surface area contributed by atoms with Crippen LogP contribution < -0.4 is 15.0 Å². The van der Waals surface area contributed by atoms with Gasteiger partial charge in [0.15, 0.2) is 0 Å². The van der Waals surface area contributed by atoms with Crippen molar-refractivity contribution in [3.63, 3.8) is 0 Å². The minimum atomic E-state index is -1.96. The zero-order valence-electron chi connectivity index (χ0n) is 38.6. The summed E-state index contributed by atoms with van der Waals surface area (Å²) in [5.41, 5.74) is 19.5. The Bertz CT molecular complexity index is 3380. The van der Waals surface area contributed by atoms with Crippen LogP contribution in [0.2, 0.25) is 19.6 Å². The number of aryl methyl sites for hydroxylation is 6. The molecule has 314 valence electrons. The molecular weight excluding hydrogens is 789 g/mol. The van der Waals surface area contributed by atoms with Crippen molar-refractivity contribution in [2.24, 2.45) is 0 Å². The Labute approximate surface area is 380 Å². The van der Waals surface area contributed by atoms with Crippen LogP contribution in [0.3, 0.4) is 0 Å². The molecule has 0 bridgehead atoms. The Hall–Kier alpha value is -6.94. The van der Waals surface area contributed by atoms with Crippen molar-refractivity contribution in [2.45, 2.75) is 61.2 Å². The summed E-state index contributed by atoms with van der Waals surface area (Å²) < 4.78 is 0. The minimum Gasteiger partial charge on any atom is -0.309 e. The van der Waals surface area contributed by atoms with Crippen LogP contribution >= 0.6 is 0 Å². The van der Waals surface area contributed by atoms with Gasteiger partial charge in [-0.25, -0.2) is 0 Å². The summed E-state index contributed by atoms with van der Waals surface area (Å²) in [6.07, 6.45) is 0. The molecule has 0 aliphatic heterocycles. The molecular formula is C61H56N2Si. The van der Waals surface area contributed by atoms with Gasteiger partial charge in [-0.15, -0.1) is 0 Å². The van der Waals surface area contributed by atoms with Crippen molar-refractivity contribution in [3.8, 4) is 22.3 Å². The summed E-state index contributed by atoms with van der Waals surface area (Å²) in [5, 5.41) is 9.24. The van der Waals surface area contributed by atoms with Crippen molar-refractivity contribution in [3.05, 3.63) is 209 Å². The molecule has 0 aromatic heterocycles. The van der Waals surface area contributed by atoms with Gasteiger partial charge in [0.1, 0.15) is 0 Å². The molecule has 0 N–H and O–H groups in total. The molecule has 3 heteroatoms. The van der Waals surface area contributed by atoms with E-state index in [1.807, 2.05) is 0 Å². The fourth-order valence-corrected chi connectivity index (χ4v) is 11.7. The van der Waals surface area contributed by atoms with Crippen molar-refractivity contribution < 1.29 is 0 Å². The zero-order chi connectivity index (χ0) is 44.4. The summed E-state index contributed by atoms with van der Waals surface area (Å²) in [5.74, 6) is 0. The van der Waals surface area contributed by atoms with Crippen LogP contribution in [0.1, 0.15) is 33.4 Å². The van der Waals surface area contributed by atoms with Crippen LogP contribution in [0.4, 0.5) is 34.1 Å². The maximum Gasteiger partial charge on any atom is 0.0785 e. The van der Waals surface area contributed by atoms with Gasteiger partial charge in [-0.1, -0.05) is 176 Å². The monoisotopic (exact) mass is 844 g/mol. The minimum absolute atomic E-state index is 1.18. The number of para-hydroxylation sites is 2. The number of rotatable bonds is 9. The van der Waals surface area contributed by atoms with Crippen LogP contribution in [0.5, 0.6) is 0 Å². The van der Waals surface area contributed by atoms with E-state index in [1.54, 1.807) is 0 Å². The van der Waals surface area contributed by atoms with E-state index in [4.69, 9.17) is 0 Å². The molecule has 0 radical (unpaired) electrons. The first-order chi connectivity index (χ1) is 30.9. The largest absolute Gasteiger partial charge is 0.309 e. The molecule has 0 amide bonds. The predicted octanol–water partition coefficient (Wildman–Crippen LogP) is 17.3. The molecule has 0 fully saturated rings. The maximum atomic E-state index is 2.61. The van der Waals surface area contributed by atoms with Crippen molar-refractivity contribution in [1.82, 2.24) is 0 Å². The summed E-state index contributed by atoms with van der Waals surface area (Å²) in [4.78, 5) is 5.17. The first-order valence-corrected chi connectivity index (χ1v) is 26.2. The second-order valence-corrected chi connectivity index (χ2v) is 24.0. The van der Waals surface area contributed by atoms with E-state index < -0.39 is 8.07 Å². The summed E-state index contributed by atoms with van der Waals surface area (Å²) >= 11 is 0. The Kier molecular flexibility index (Phi) is 10.3. The summed E-state index contributed by atoms with van der Waals surface area (Å²) in [6, 6.07) is 66.1. The highest BCUT2D eigenvalue weighted by Crippen LogP contribution is 2.52. The Morgan fingerprint density at radius 2 is 0.812 bits per heavy atom. The lowest BCUT2D eigenvalue weighted by molar-refractivity contribution is 1.22. The lowest BCUT2D eigenvalue weighted by Gasteiger charge is -2.35. The molecule has 2 nitrogen and oxygen atoms in total. The topological polar surface area (TPSA) is 6.48 Å². The van der Waals surface area contributed by atoms with Crippen LogP contribution in [0.25, 0.3) is 54.6 Å². The van der Waals surface area contributed by atoms with Gasteiger partial charge in [-0.3, -0.25) is 0 Å². The molecule has 0 heterocycles. The van der Waals surface area contributed by atoms with E-state index in [1.165, 1.54) is 127 Å². The first-order valence-electron chi connectivity index (χ1n) is 22.7. The molecule has 0 unspecified atom stereocenters. The molecule has 10 aromatic carbocycles. The third kappa shape index (κ3) is 6.96. The highest BCUT2D eigenvalue weighted by atomic mass is 28.3. The number of anilines is 6. The fraction of sp³-hybridized carbons (Fsp3) is 0.148. The van der Waals surface area contributed by atoms with E-state index in [0.29, 0.717) is 0 Å². The van der Waals surface area contributed by atoms with Crippen LogP contribution in [0, 0.1) is 41.5 Å². The van der Waals surface area contributed by atoms with E-state index in [9.17, 15) is 0 Å². The lowest BCUT2D eigenvalue weighted by Crippen LogP contribution is -2.38. The third-order valence-corrected chi connectivity index (χ3v) is 15.4. The second-order valence-electron chi connectivity index (χ2n) is 18.9. The molecule has 0 saturated heterocycles. The smallest absolute Gasteiger partial charge is 0.0785 e. The molecule has 64 heavy (non-hydrogen) atoms. The van der Waals surface area contributed by atoms with Gasteiger partial charge >= 0.3 is 0 Å². The Morgan fingerprint density at radius 3 is 1.34 bits per heavy atom. The van der Waals surface area contributed by atoms with Crippen molar-refractivity contribution in [2.75, 3.05) is 9.80 Å². The van der Waals surface area contributed by atoms with Crippen molar-refractivity contribution >= 4 is 79.7 Å². The van der Waals surface area contributed by atoms with E-state index >= 15 is 0 Å². The lowest BCUT2D eigenvalue weighted by atomic mass is 9.90. The molecule has 0 spiro atoms. The molecule has 10 rings (SSSR count). The number of hydrogen-bond acceptors (Lipinski definition) is 2. The zero-order valence-corrected chi connectivity index (χ0v) is 39.6. The molecule has 10 aromatic rings. The van der Waals surface area contributed by atoms with Gasteiger partial charge < -0.3 is 9.80 Å².